The van der Waals surface area contributed by atoms with Crippen LogP contribution < -0.4 is 10.1 Å². The summed E-state index contributed by atoms with van der Waals surface area (Å²) in [5, 5.41) is 3.22. The smallest absolute Gasteiger partial charge is 0.122 e. The summed E-state index contributed by atoms with van der Waals surface area (Å²) in [6.45, 7) is 6.35. The quantitative estimate of drug-likeness (QED) is 0.801. The zero-order valence-corrected chi connectivity index (χ0v) is 10.1. The Morgan fingerprint density at radius 2 is 1.93 bits per heavy atom. The maximum absolute atomic E-state index is 5.88. The van der Waals surface area contributed by atoms with Crippen LogP contribution in [0.25, 0.3) is 0 Å². The van der Waals surface area contributed by atoms with E-state index in [1.807, 2.05) is 25.2 Å². The maximum Gasteiger partial charge on any atom is 0.122 e. The van der Waals surface area contributed by atoms with E-state index in [0.717, 1.165) is 12.2 Å². The minimum absolute atomic E-state index is 0.244. The van der Waals surface area contributed by atoms with Crippen LogP contribution in [-0.2, 0) is 0 Å². The van der Waals surface area contributed by atoms with E-state index in [1.165, 1.54) is 5.56 Å². The Balaban J connectivity index is 2.51. The second-order valence-electron chi connectivity index (χ2n) is 4.12. The highest BCUT2D eigenvalue weighted by Gasteiger charge is 2.09. The Hall–Kier alpha value is -1.02. The second-order valence-corrected chi connectivity index (χ2v) is 4.12. The average molecular weight is 207 g/mol. The molecular weight excluding hydrogens is 186 g/mol. The van der Waals surface area contributed by atoms with Crippen LogP contribution in [0.2, 0.25) is 0 Å². The molecule has 0 bridgehead atoms. The fourth-order valence-electron chi connectivity index (χ4n) is 1.57. The lowest BCUT2D eigenvalue weighted by Crippen LogP contribution is -2.28. The van der Waals surface area contributed by atoms with Crippen molar-refractivity contribution >= 4 is 0 Å². The second kappa shape index (κ2) is 5.76. The number of rotatable bonds is 5. The molecule has 2 atom stereocenters. The Labute approximate surface area is 92.6 Å². The summed E-state index contributed by atoms with van der Waals surface area (Å²) in [5.74, 6) is 0.994. The number of nitrogens with one attached hydrogen (secondary N) is 1. The zero-order chi connectivity index (χ0) is 11.3. The van der Waals surface area contributed by atoms with E-state index >= 15 is 0 Å². The standard InChI is InChI=1S/C13H21NO/c1-10-7-5-6-8-13(10)15-12(3)9-11(2)14-4/h5-8,11-12,14H,9H2,1-4H3. The van der Waals surface area contributed by atoms with E-state index in [4.69, 9.17) is 4.74 Å². The van der Waals surface area contributed by atoms with Crippen LogP contribution in [0.1, 0.15) is 25.8 Å². The van der Waals surface area contributed by atoms with Gasteiger partial charge in [-0.1, -0.05) is 18.2 Å². The van der Waals surface area contributed by atoms with Gasteiger partial charge in [0.2, 0.25) is 0 Å². The summed E-state index contributed by atoms with van der Waals surface area (Å²) in [6.07, 6.45) is 1.26. The van der Waals surface area contributed by atoms with Gasteiger partial charge in [-0.2, -0.15) is 0 Å². The average Bonchev–Trinajstić information content (AvgIpc) is 2.21. The first kappa shape index (κ1) is 12.1. The molecule has 0 aliphatic heterocycles. The molecule has 84 valence electrons. The maximum atomic E-state index is 5.88. The van der Waals surface area contributed by atoms with Crippen LogP contribution in [0.4, 0.5) is 0 Å². The van der Waals surface area contributed by atoms with E-state index < -0.39 is 0 Å². The molecule has 2 unspecified atom stereocenters. The van der Waals surface area contributed by atoms with Crippen LogP contribution >= 0.6 is 0 Å². The van der Waals surface area contributed by atoms with Crippen molar-refractivity contribution in [3.8, 4) is 5.75 Å². The fourth-order valence-corrected chi connectivity index (χ4v) is 1.57. The van der Waals surface area contributed by atoms with Gasteiger partial charge in [0.15, 0.2) is 0 Å². The van der Waals surface area contributed by atoms with E-state index in [-0.39, 0.29) is 6.10 Å². The highest BCUT2D eigenvalue weighted by Crippen LogP contribution is 2.18. The molecule has 0 radical (unpaired) electrons. The SMILES string of the molecule is CNC(C)CC(C)Oc1ccccc1C. The number of para-hydroxylation sites is 1. The van der Waals surface area contributed by atoms with Gasteiger partial charge in [-0.15, -0.1) is 0 Å². The largest absolute Gasteiger partial charge is 0.490 e. The Kier molecular flexibility index (Phi) is 4.63. The minimum atomic E-state index is 0.244. The van der Waals surface area contributed by atoms with Crippen LogP contribution in [0.15, 0.2) is 24.3 Å². The van der Waals surface area contributed by atoms with Gasteiger partial charge in [-0.3, -0.25) is 0 Å². The van der Waals surface area contributed by atoms with Crippen molar-refractivity contribution in [3.05, 3.63) is 29.8 Å². The van der Waals surface area contributed by atoms with Gasteiger partial charge in [-0.05, 0) is 45.9 Å². The first-order valence-corrected chi connectivity index (χ1v) is 5.53. The molecule has 0 saturated carbocycles. The molecule has 1 N–H and O–H groups in total. The third-order valence-electron chi connectivity index (χ3n) is 2.60. The van der Waals surface area contributed by atoms with Crippen LogP contribution in [0, 0.1) is 6.92 Å². The first-order valence-electron chi connectivity index (χ1n) is 5.53. The summed E-state index contributed by atoms with van der Waals surface area (Å²) >= 11 is 0. The lowest BCUT2D eigenvalue weighted by atomic mass is 10.1. The molecule has 0 aliphatic rings. The Bertz CT molecular complexity index is 298. The molecule has 0 amide bonds. The van der Waals surface area contributed by atoms with Gasteiger partial charge in [0.05, 0.1) is 6.10 Å². The highest BCUT2D eigenvalue weighted by molar-refractivity contribution is 5.31. The molecule has 0 aromatic heterocycles. The van der Waals surface area contributed by atoms with Gasteiger partial charge in [0.1, 0.15) is 5.75 Å². The van der Waals surface area contributed by atoms with E-state index in [9.17, 15) is 0 Å². The number of ether oxygens (including phenoxy) is 1. The van der Waals surface area contributed by atoms with Crippen molar-refractivity contribution in [1.29, 1.82) is 0 Å². The van der Waals surface area contributed by atoms with Crippen molar-refractivity contribution in [1.82, 2.24) is 5.32 Å². The summed E-state index contributed by atoms with van der Waals surface area (Å²) in [4.78, 5) is 0. The Morgan fingerprint density at radius 3 is 2.53 bits per heavy atom. The fraction of sp³-hybridized carbons (Fsp3) is 0.538. The van der Waals surface area contributed by atoms with Gasteiger partial charge < -0.3 is 10.1 Å². The van der Waals surface area contributed by atoms with Crippen LogP contribution in [-0.4, -0.2) is 19.2 Å². The predicted molar refractivity (Wildman–Crippen MR) is 64.4 cm³/mol. The third-order valence-corrected chi connectivity index (χ3v) is 2.60. The molecule has 0 heterocycles. The molecule has 2 heteroatoms. The summed E-state index contributed by atoms with van der Waals surface area (Å²) in [6, 6.07) is 8.63. The highest BCUT2D eigenvalue weighted by atomic mass is 16.5. The lowest BCUT2D eigenvalue weighted by molar-refractivity contribution is 0.196. The number of hydrogen-bond acceptors (Lipinski definition) is 2. The molecule has 1 aromatic carbocycles. The first-order chi connectivity index (χ1) is 7.13. The topological polar surface area (TPSA) is 21.3 Å². The van der Waals surface area contributed by atoms with Crippen molar-refractivity contribution in [2.45, 2.75) is 39.3 Å². The van der Waals surface area contributed by atoms with E-state index in [1.54, 1.807) is 0 Å². The molecule has 0 aliphatic carbocycles. The molecule has 0 spiro atoms. The molecule has 15 heavy (non-hydrogen) atoms. The molecule has 1 rings (SSSR count). The van der Waals surface area contributed by atoms with Gasteiger partial charge in [-0.25, -0.2) is 0 Å². The van der Waals surface area contributed by atoms with Gasteiger partial charge in [0, 0.05) is 6.04 Å². The normalized spacial score (nSPS) is 14.7. The lowest BCUT2D eigenvalue weighted by Gasteiger charge is -2.19. The van der Waals surface area contributed by atoms with Crippen LogP contribution in [0.5, 0.6) is 5.75 Å². The number of hydrogen-bond donors (Lipinski definition) is 1. The van der Waals surface area contributed by atoms with Gasteiger partial charge in [0.25, 0.3) is 0 Å². The van der Waals surface area contributed by atoms with Crippen molar-refractivity contribution < 1.29 is 4.74 Å². The summed E-state index contributed by atoms with van der Waals surface area (Å²) in [7, 11) is 1.98. The van der Waals surface area contributed by atoms with Crippen molar-refractivity contribution in [3.63, 3.8) is 0 Å². The van der Waals surface area contributed by atoms with Crippen molar-refractivity contribution in [2.75, 3.05) is 7.05 Å². The zero-order valence-electron chi connectivity index (χ0n) is 10.1. The summed E-state index contributed by atoms with van der Waals surface area (Å²) in [5.41, 5.74) is 1.20. The van der Waals surface area contributed by atoms with E-state index in [0.29, 0.717) is 6.04 Å². The Morgan fingerprint density at radius 1 is 1.27 bits per heavy atom. The minimum Gasteiger partial charge on any atom is -0.490 e. The summed E-state index contributed by atoms with van der Waals surface area (Å²) < 4.78 is 5.88. The molecule has 0 fully saturated rings. The molecule has 0 saturated heterocycles. The molecular formula is C13H21NO. The number of aryl methyl sites for hydroxylation is 1. The van der Waals surface area contributed by atoms with Crippen molar-refractivity contribution in [2.24, 2.45) is 0 Å². The monoisotopic (exact) mass is 207 g/mol. The van der Waals surface area contributed by atoms with Crippen LogP contribution in [0.3, 0.4) is 0 Å². The van der Waals surface area contributed by atoms with E-state index in [2.05, 4.69) is 32.2 Å². The number of benzene rings is 1. The third kappa shape index (κ3) is 3.92. The predicted octanol–water partition coefficient (Wildman–Crippen LogP) is 2.76. The molecule has 2 nitrogen and oxygen atoms in total. The molecule has 1 aromatic rings. The van der Waals surface area contributed by atoms with Gasteiger partial charge >= 0.3 is 0 Å².